The van der Waals surface area contributed by atoms with Gasteiger partial charge in [-0.25, -0.2) is 4.79 Å². The Hall–Kier alpha value is -1.21. The first-order valence-electron chi connectivity index (χ1n) is 7.19. The summed E-state index contributed by atoms with van der Waals surface area (Å²) in [6, 6.07) is 0. The lowest BCUT2D eigenvalue weighted by Gasteiger charge is -2.36. The van der Waals surface area contributed by atoms with Crippen molar-refractivity contribution in [1.29, 1.82) is 0 Å². The summed E-state index contributed by atoms with van der Waals surface area (Å²) in [4.78, 5) is 14.0. The van der Waals surface area contributed by atoms with Crippen LogP contribution >= 0.6 is 0 Å². The summed E-state index contributed by atoms with van der Waals surface area (Å²) in [7, 11) is 0. The Kier molecular flexibility index (Phi) is 7.67. The van der Waals surface area contributed by atoms with Gasteiger partial charge in [-0.2, -0.15) is 0 Å². The molecule has 1 N–H and O–H groups in total. The Labute approximate surface area is 124 Å². The highest BCUT2D eigenvalue weighted by Gasteiger charge is 2.29. The minimum absolute atomic E-state index is 0.257. The van der Waals surface area contributed by atoms with Gasteiger partial charge in [-0.05, 0) is 48.5 Å². The molecule has 0 saturated heterocycles. The number of carbonyl (C=O) groups is 1. The second-order valence-electron chi connectivity index (χ2n) is 6.73. The van der Waals surface area contributed by atoms with Gasteiger partial charge in [-0.3, -0.25) is 0 Å². The van der Waals surface area contributed by atoms with Crippen molar-refractivity contribution in [2.24, 2.45) is 0 Å². The van der Waals surface area contributed by atoms with Crippen molar-refractivity contribution in [2.75, 3.05) is 19.6 Å². The first-order valence-corrected chi connectivity index (χ1v) is 7.19. The molecule has 4 nitrogen and oxygen atoms in total. The molecule has 0 aliphatic rings. The van der Waals surface area contributed by atoms with Crippen molar-refractivity contribution in [3.63, 3.8) is 0 Å². The van der Waals surface area contributed by atoms with E-state index in [1.54, 1.807) is 4.90 Å². The van der Waals surface area contributed by atoms with Crippen molar-refractivity contribution in [3.8, 4) is 11.8 Å². The Bertz CT molecular complexity index is 353. The van der Waals surface area contributed by atoms with Gasteiger partial charge >= 0.3 is 6.09 Å². The molecule has 0 aromatic carbocycles. The molecule has 0 radical (unpaired) electrons. The van der Waals surface area contributed by atoms with Gasteiger partial charge in [-0.1, -0.05) is 0 Å². The molecule has 0 rings (SSSR count). The summed E-state index contributed by atoms with van der Waals surface area (Å²) in [5, 5.41) is 3.29. The molecule has 0 aromatic heterocycles. The normalized spacial score (nSPS) is 11.6. The average molecular weight is 282 g/mol. The van der Waals surface area contributed by atoms with Crippen molar-refractivity contribution in [2.45, 2.75) is 66.0 Å². The summed E-state index contributed by atoms with van der Waals surface area (Å²) in [6.07, 6.45) is 0.568. The van der Waals surface area contributed by atoms with E-state index in [0.717, 1.165) is 19.5 Å². The van der Waals surface area contributed by atoms with Crippen molar-refractivity contribution in [3.05, 3.63) is 0 Å². The summed E-state index contributed by atoms with van der Waals surface area (Å²) >= 11 is 0. The number of rotatable bonds is 5. The zero-order valence-corrected chi connectivity index (χ0v) is 14.1. The number of ether oxygens (including phenoxy) is 1. The van der Waals surface area contributed by atoms with E-state index in [-0.39, 0.29) is 11.6 Å². The van der Waals surface area contributed by atoms with Crippen LogP contribution in [0.3, 0.4) is 0 Å². The third-order valence-corrected chi connectivity index (χ3v) is 2.54. The lowest BCUT2D eigenvalue weighted by Crippen LogP contribution is -2.50. The molecule has 0 atom stereocenters. The Balaban J connectivity index is 4.36. The third-order valence-electron chi connectivity index (χ3n) is 2.54. The van der Waals surface area contributed by atoms with Crippen LogP contribution in [0.5, 0.6) is 0 Å². The summed E-state index contributed by atoms with van der Waals surface area (Å²) in [5.74, 6) is 5.86. The van der Waals surface area contributed by atoms with E-state index >= 15 is 0 Å². The molecule has 0 aromatic rings. The zero-order valence-electron chi connectivity index (χ0n) is 14.1. The maximum Gasteiger partial charge on any atom is 0.410 e. The smallest absolute Gasteiger partial charge is 0.410 e. The van der Waals surface area contributed by atoms with Crippen LogP contribution in [0.2, 0.25) is 0 Å². The van der Waals surface area contributed by atoms with E-state index in [4.69, 9.17) is 4.74 Å². The fraction of sp³-hybridized carbons (Fsp3) is 0.812. The van der Waals surface area contributed by atoms with E-state index in [2.05, 4.69) is 17.2 Å². The molecule has 0 fully saturated rings. The highest BCUT2D eigenvalue weighted by atomic mass is 16.6. The molecule has 0 unspecified atom stereocenters. The van der Waals surface area contributed by atoms with Crippen LogP contribution < -0.4 is 5.32 Å². The number of nitrogens with one attached hydrogen (secondary N) is 1. The topological polar surface area (TPSA) is 41.6 Å². The molecule has 0 spiro atoms. The largest absolute Gasteiger partial charge is 0.444 e. The molecule has 0 bridgehead atoms. The van der Waals surface area contributed by atoms with E-state index < -0.39 is 5.60 Å². The van der Waals surface area contributed by atoms with Gasteiger partial charge in [-0.15, -0.1) is 11.8 Å². The van der Waals surface area contributed by atoms with Crippen LogP contribution in [0.4, 0.5) is 4.79 Å². The summed E-state index contributed by atoms with van der Waals surface area (Å²) in [6.45, 7) is 15.7. The van der Waals surface area contributed by atoms with Gasteiger partial charge in [0.2, 0.25) is 0 Å². The Morgan fingerprint density at radius 2 is 1.75 bits per heavy atom. The van der Waals surface area contributed by atoms with Crippen molar-refractivity contribution in [1.82, 2.24) is 10.2 Å². The van der Waals surface area contributed by atoms with Crippen LogP contribution in [0.15, 0.2) is 0 Å². The number of carbonyl (C=O) groups excluding carboxylic acids is 1. The molecule has 4 heteroatoms. The van der Waals surface area contributed by atoms with Gasteiger partial charge in [0.1, 0.15) is 5.60 Å². The second-order valence-corrected chi connectivity index (χ2v) is 6.73. The van der Waals surface area contributed by atoms with Crippen molar-refractivity contribution >= 4 is 6.09 Å². The van der Waals surface area contributed by atoms with Gasteiger partial charge in [0.25, 0.3) is 0 Å². The SMILES string of the molecule is CC#CCCNCCN(C(=O)OC(C)(C)C)C(C)(C)C. The quantitative estimate of drug-likeness (QED) is 0.622. The molecule has 1 amide bonds. The van der Waals surface area contributed by atoms with Crippen LogP contribution in [0, 0.1) is 11.8 Å². The monoisotopic (exact) mass is 282 g/mol. The molecule has 0 aliphatic carbocycles. The van der Waals surface area contributed by atoms with Crippen molar-refractivity contribution < 1.29 is 9.53 Å². The van der Waals surface area contributed by atoms with E-state index in [9.17, 15) is 4.79 Å². The molecule has 0 aliphatic heterocycles. The third kappa shape index (κ3) is 8.82. The number of amides is 1. The van der Waals surface area contributed by atoms with Crippen LogP contribution in [0.25, 0.3) is 0 Å². The first-order chi connectivity index (χ1) is 9.08. The lowest BCUT2D eigenvalue weighted by molar-refractivity contribution is 0.00667. The van der Waals surface area contributed by atoms with Gasteiger partial charge in [0.05, 0.1) is 0 Å². The predicted octanol–water partition coefficient (Wildman–Crippen LogP) is 3.03. The molecular formula is C16H30N2O2. The van der Waals surface area contributed by atoms with E-state index in [1.807, 2.05) is 48.5 Å². The van der Waals surface area contributed by atoms with Gasteiger partial charge in [0, 0.05) is 31.6 Å². The number of nitrogens with zero attached hydrogens (tertiary/aromatic N) is 1. The highest BCUT2D eigenvalue weighted by molar-refractivity contribution is 5.69. The Morgan fingerprint density at radius 3 is 2.20 bits per heavy atom. The number of hydrogen-bond acceptors (Lipinski definition) is 3. The Morgan fingerprint density at radius 1 is 1.15 bits per heavy atom. The van der Waals surface area contributed by atoms with E-state index in [0.29, 0.717) is 6.54 Å². The van der Waals surface area contributed by atoms with Gasteiger partial charge < -0.3 is 15.0 Å². The molecule has 0 saturated carbocycles. The molecule has 0 heterocycles. The van der Waals surface area contributed by atoms with Gasteiger partial charge in [0.15, 0.2) is 0 Å². The fourth-order valence-electron chi connectivity index (χ4n) is 1.61. The maximum absolute atomic E-state index is 12.2. The standard InChI is InChI=1S/C16H30N2O2/c1-8-9-10-11-17-12-13-18(15(2,3)4)14(19)20-16(5,6)7/h17H,10-13H2,1-7H3. The first kappa shape index (κ1) is 18.8. The maximum atomic E-state index is 12.2. The minimum atomic E-state index is -0.468. The number of hydrogen-bond donors (Lipinski definition) is 1. The van der Waals surface area contributed by atoms with Crippen LogP contribution in [0.1, 0.15) is 54.9 Å². The second kappa shape index (κ2) is 8.16. The predicted molar refractivity (Wildman–Crippen MR) is 83.6 cm³/mol. The lowest BCUT2D eigenvalue weighted by atomic mass is 10.1. The highest BCUT2D eigenvalue weighted by Crippen LogP contribution is 2.17. The molecule has 20 heavy (non-hydrogen) atoms. The minimum Gasteiger partial charge on any atom is -0.444 e. The summed E-state index contributed by atoms with van der Waals surface area (Å²) < 4.78 is 5.46. The molecule has 116 valence electrons. The van der Waals surface area contributed by atoms with Crippen LogP contribution in [-0.4, -0.2) is 41.8 Å². The fourth-order valence-corrected chi connectivity index (χ4v) is 1.61. The van der Waals surface area contributed by atoms with E-state index in [1.165, 1.54) is 0 Å². The average Bonchev–Trinajstić information content (AvgIpc) is 2.23. The zero-order chi connectivity index (χ0) is 15.8. The van der Waals surface area contributed by atoms with Crippen LogP contribution in [-0.2, 0) is 4.74 Å². The molecular weight excluding hydrogens is 252 g/mol. The summed E-state index contributed by atoms with van der Waals surface area (Å²) in [5.41, 5.74) is -0.724.